The van der Waals surface area contributed by atoms with E-state index in [4.69, 9.17) is 17.3 Å². The molecule has 0 spiro atoms. The zero-order valence-electron chi connectivity index (χ0n) is 9.71. The summed E-state index contributed by atoms with van der Waals surface area (Å²) in [5.74, 6) is 0. The molecule has 0 heterocycles. The second-order valence-electron chi connectivity index (χ2n) is 5.07. The Kier molecular flexibility index (Phi) is 3.88. The number of benzene rings is 1. The first-order valence-corrected chi connectivity index (χ1v) is 6.56. The van der Waals surface area contributed by atoms with E-state index >= 15 is 0 Å². The molecule has 88 valence electrons. The number of halogens is 1. The van der Waals surface area contributed by atoms with Crippen molar-refractivity contribution in [2.45, 2.75) is 38.5 Å². The molecule has 0 aromatic heterocycles. The van der Waals surface area contributed by atoms with Gasteiger partial charge in [-0.1, -0.05) is 43.0 Å². The molecule has 1 aliphatic rings. The fourth-order valence-corrected chi connectivity index (χ4v) is 2.92. The summed E-state index contributed by atoms with van der Waals surface area (Å²) in [6.07, 6.45) is 7.73. The Balaban J connectivity index is 2.08. The molecule has 0 amide bonds. The molecule has 1 saturated carbocycles. The predicted molar refractivity (Wildman–Crippen MR) is 69.7 cm³/mol. The van der Waals surface area contributed by atoms with Crippen molar-refractivity contribution in [2.24, 2.45) is 11.1 Å². The summed E-state index contributed by atoms with van der Waals surface area (Å²) < 4.78 is 0. The minimum atomic E-state index is 0.353. The van der Waals surface area contributed by atoms with Gasteiger partial charge in [-0.3, -0.25) is 0 Å². The third-order valence-corrected chi connectivity index (χ3v) is 4.09. The van der Waals surface area contributed by atoms with Crippen LogP contribution in [0.25, 0.3) is 0 Å². The summed E-state index contributed by atoms with van der Waals surface area (Å²) >= 11 is 5.90. The normalized spacial score (nSPS) is 19.6. The molecule has 2 rings (SSSR count). The molecule has 0 aliphatic heterocycles. The fourth-order valence-electron chi connectivity index (χ4n) is 2.79. The Bertz CT molecular complexity index is 325. The van der Waals surface area contributed by atoms with Crippen molar-refractivity contribution in [3.8, 4) is 0 Å². The van der Waals surface area contributed by atoms with E-state index in [1.54, 1.807) is 0 Å². The maximum absolute atomic E-state index is 5.99. The highest BCUT2D eigenvalue weighted by Gasteiger charge is 2.30. The monoisotopic (exact) mass is 237 g/mol. The van der Waals surface area contributed by atoms with Crippen LogP contribution < -0.4 is 5.73 Å². The van der Waals surface area contributed by atoms with Crippen LogP contribution in [0.4, 0.5) is 0 Å². The molecule has 1 nitrogen and oxygen atoms in total. The summed E-state index contributed by atoms with van der Waals surface area (Å²) in [6.45, 7) is 0.815. The summed E-state index contributed by atoms with van der Waals surface area (Å²) in [5, 5.41) is 0.814. The number of hydrogen-bond donors (Lipinski definition) is 1. The van der Waals surface area contributed by atoms with Gasteiger partial charge in [0.15, 0.2) is 0 Å². The summed E-state index contributed by atoms with van der Waals surface area (Å²) in [7, 11) is 0. The zero-order valence-corrected chi connectivity index (χ0v) is 10.5. The van der Waals surface area contributed by atoms with E-state index < -0.39 is 0 Å². The molecule has 0 radical (unpaired) electrons. The first kappa shape index (κ1) is 11.9. The Morgan fingerprint density at radius 1 is 1.06 bits per heavy atom. The van der Waals surface area contributed by atoms with Gasteiger partial charge in [-0.25, -0.2) is 0 Å². The minimum Gasteiger partial charge on any atom is -0.330 e. The van der Waals surface area contributed by atoms with Crippen molar-refractivity contribution in [2.75, 3.05) is 6.54 Å². The molecule has 0 saturated heterocycles. The van der Waals surface area contributed by atoms with Crippen LogP contribution in [0, 0.1) is 5.41 Å². The average molecular weight is 238 g/mol. The molecular formula is C14H20ClN. The highest BCUT2D eigenvalue weighted by Crippen LogP contribution is 2.38. The lowest BCUT2D eigenvalue weighted by Gasteiger charge is -2.36. The molecule has 2 heteroatoms. The van der Waals surface area contributed by atoms with Crippen LogP contribution >= 0.6 is 11.6 Å². The number of nitrogens with two attached hydrogens (primary N) is 1. The SMILES string of the molecule is NCC1(Cc2ccc(Cl)cc2)CCCCC1. The van der Waals surface area contributed by atoms with Crippen LogP contribution in [0.3, 0.4) is 0 Å². The lowest BCUT2D eigenvalue weighted by molar-refractivity contribution is 0.197. The molecule has 0 bridgehead atoms. The Hall–Kier alpha value is -0.530. The van der Waals surface area contributed by atoms with Gasteiger partial charge in [0.05, 0.1) is 0 Å². The van der Waals surface area contributed by atoms with Gasteiger partial charge in [0.25, 0.3) is 0 Å². The van der Waals surface area contributed by atoms with Gasteiger partial charge in [0.1, 0.15) is 0 Å². The molecule has 1 aliphatic carbocycles. The minimum absolute atomic E-state index is 0.353. The average Bonchev–Trinajstić information content (AvgIpc) is 2.33. The molecule has 1 aromatic rings. The Morgan fingerprint density at radius 2 is 1.69 bits per heavy atom. The van der Waals surface area contributed by atoms with E-state index in [-0.39, 0.29) is 0 Å². The van der Waals surface area contributed by atoms with E-state index in [1.807, 2.05) is 12.1 Å². The van der Waals surface area contributed by atoms with E-state index in [0.717, 1.165) is 18.0 Å². The largest absolute Gasteiger partial charge is 0.330 e. The molecule has 0 atom stereocenters. The van der Waals surface area contributed by atoms with E-state index in [1.165, 1.54) is 37.7 Å². The smallest absolute Gasteiger partial charge is 0.0406 e. The first-order valence-electron chi connectivity index (χ1n) is 6.19. The Labute approximate surface area is 103 Å². The molecular weight excluding hydrogens is 218 g/mol. The van der Waals surface area contributed by atoms with E-state index in [9.17, 15) is 0 Å². The second kappa shape index (κ2) is 5.20. The van der Waals surface area contributed by atoms with Gasteiger partial charge in [-0.05, 0) is 48.9 Å². The van der Waals surface area contributed by atoms with Crippen molar-refractivity contribution in [1.29, 1.82) is 0 Å². The van der Waals surface area contributed by atoms with Crippen LogP contribution in [0.2, 0.25) is 5.02 Å². The Morgan fingerprint density at radius 3 is 2.25 bits per heavy atom. The van der Waals surface area contributed by atoms with E-state index in [0.29, 0.717) is 5.41 Å². The van der Waals surface area contributed by atoms with Crippen molar-refractivity contribution in [1.82, 2.24) is 0 Å². The van der Waals surface area contributed by atoms with Gasteiger partial charge < -0.3 is 5.73 Å². The highest BCUT2D eigenvalue weighted by molar-refractivity contribution is 6.30. The maximum Gasteiger partial charge on any atom is 0.0406 e. The standard InChI is InChI=1S/C14H20ClN/c15-13-6-4-12(5-7-13)10-14(11-16)8-2-1-3-9-14/h4-7H,1-3,8-11,16H2. The fraction of sp³-hybridized carbons (Fsp3) is 0.571. The van der Waals surface area contributed by atoms with Gasteiger partial charge in [0, 0.05) is 5.02 Å². The lowest BCUT2D eigenvalue weighted by Crippen LogP contribution is -2.34. The quantitative estimate of drug-likeness (QED) is 0.851. The summed E-state index contributed by atoms with van der Waals surface area (Å²) in [6, 6.07) is 8.22. The van der Waals surface area contributed by atoms with Crippen LogP contribution in [0.15, 0.2) is 24.3 Å². The van der Waals surface area contributed by atoms with Gasteiger partial charge in [-0.2, -0.15) is 0 Å². The number of hydrogen-bond acceptors (Lipinski definition) is 1. The summed E-state index contributed by atoms with van der Waals surface area (Å²) in [4.78, 5) is 0. The highest BCUT2D eigenvalue weighted by atomic mass is 35.5. The second-order valence-corrected chi connectivity index (χ2v) is 5.50. The molecule has 16 heavy (non-hydrogen) atoms. The topological polar surface area (TPSA) is 26.0 Å². The van der Waals surface area contributed by atoms with Crippen molar-refractivity contribution in [3.05, 3.63) is 34.9 Å². The maximum atomic E-state index is 5.99. The molecule has 1 aromatic carbocycles. The van der Waals surface area contributed by atoms with E-state index in [2.05, 4.69) is 12.1 Å². The van der Waals surface area contributed by atoms with Crippen LogP contribution in [-0.2, 0) is 6.42 Å². The zero-order chi connectivity index (χ0) is 11.4. The van der Waals surface area contributed by atoms with Gasteiger partial charge in [-0.15, -0.1) is 0 Å². The third kappa shape index (κ3) is 2.78. The van der Waals surface area contributed by atoms with Crippen LogP contribution in [0.5, 0.6) is 0 Å². The van der Waals surface area contributed by atoms with Gasteiger partial charge >= 0.3 is 0 Å². The molecule has 0 unspecified atom stereocenters. The van der Waals surface area contributed by atoms with Crippen molar-refractivity contribution < 1.29 is 0 Å². The van der Waals surface area contributed by atoms with Gasteiger partial charge in [0.2, 0.25) is 0 Å². The van der Waals surface area contributed by atoms with Crippen molar-refractivity contribution >= 4 is 11.6 Å². The lowest BCUT2D eigenvalue weighted by atomic mass is 9.70. The first-order chi connectivity index (χ1) is 7.74. The molecule has 2 N–H and O–H groups in total. The van der Waals surface area contributed by atoms with Crippen molar-refractivity contribution in [3.63, 3.8) is 0 Å². The third-order valence-electron chi connectivity index (χ3n) is 3.84. The van der Waals surface area contributed by atoms with Crippen LogP contribution in [0.1, 0.15) is 37.7 Å². The summed E-state index contributed by atoms with van der Waals surface area (Å²) in [5.41, 5.74) is 7.72. The predicted octanol–water partition coefficient (Wildman–Crippen LogP) is 3.79. The molecule has 1 fully saturated rings. The van der Waals surface area contributed by atoms with Crippen LogP contribution in [-0.4, -0.2) is 6.54 Å². The number of rotatable bonds is 3.